The van der Waals surface area contributed by atoms with Gasteiger partial charge in [-0.2, -0.15) is 0 Å². The minimum absolute atomic E-state index is 0.0769. The van der Waals surface area contributed by atoms with Crippen LogP contribution in [0.3, 0.4) is 0 Å². The summed E-state index contributed by atoms with van der Waals surface area (Å²) in [6.45, 7) is 2.25. The van der Waals surface area contributed by atoms with Crippen molar-refractivity contribution in [3.63, 3.8) is 0 Å². The Hall–Kier alpha value is -2.82. The molecule has 3 rings (SSSR count). The number of nitrogens with zero attached hydrogens (tertiary/aromatic N) is 3. The number of alkyl halides is 3. The van der Waals surface area contributed by atoms with Crippen molar-refractivity contribution in [1.29, 1.82) is 0 Å². The normalized spacial score (nSPS) is 11.2. The maximum Gasteiger partial charge on any atom is 0.573 e. The Kier molecular flexibility index (Phi) is 7.51. The monoisotopic (exact) mass is 517 g/mol. The molecule has 1 heterocycles. The summed E-state index contributed by atoms with van der Waals surface area (Å²) < 4.78 is 41.4. The third kappa shape index (κ3) is 5.95. The summed E-state index contributed by atoms with van der Waals surface area (Å²) in [6, 6.07) is 8.96. The first kappa shape index (κ1) is 24.8. The van der Waals surface area contributed by atoms with Crippen molar-refractivity contribution < 1.29 is 27.5 Å². The Balaban J connectivity index is 2.05. The fourth-order valence-electron chi connectivity index (χ4n) is 2.70. The summed E-state index contributed by atoms with van der Waals surface area (Å²) >= 11 is 13.1. The van der Waals surface area contributed by atoms with Crippen LogP contribution in [0.5, 0.6) is 5.75 Å². The number of anilines is 2. The largest absolute Gasteiger partial charge is 0.573 e. The van der Waals surface area contributed by atoms with E-state index in [9.17, 15) is 22.8 Å². The standard InChI is InChI=1S/C21H16Cl2F3N3O3S/c1-3-28(2)19(31)17-11-33-20(27-17)29(18(30)15-9-4-12(22)10-16(15)23)13-5-7-14(8-6-13)32-21(24,25)26/h4-11H,3H2,1-2H3. The first-order valence-electron chi connectivity index (χ1n) is 9.36. The fourth-order valence-corrected chi connectivity index (χ4v) is 4.00. The molecule has 0 fully saturated rings. The van der Waals surface area contributed by atoms with Gasteiger partial charge in [0, 0.05) is 24.0 Å². The van der Waals surface area contributed by atoms with Crippen molar-refractivity contribution in [2.45, 2.75) is 13.3 Å². The molecule has 12 heteroatoms. The number of amides is 2. The van der Waals surface area contributed by atoms with Crippen LogP contribution >= 0.6 is 34.5 Å². The van der Waals surface area contributed by atoms with Crippen LogP contribution in [0.2, 0.25) is 10.0 Å². The average Bonchev–Trinajstić information content (AvgIpc) is 3.22. The Morgan fingerprint density at radius 3 is 2.33 bits per heavy atom. The Bertz CT molecular complexity index is 1170. The molecule has 0 atom stereocenters. The van der Waals surface area contributed by atoms with Crippen LogP contribution in [0.1, 0.15) is 27.8 Å². The number of hydrogen-bond donors (Lipinski definition) is 0. The zero-order valence-corrected chi connectivity index (χ0v) is 19.5. The molecule has 6 nitrogen and oxygen atoms in total. The quantitative estimate of drug-likeness (QED) is 0.378. The lowest BCUT2D eigenvalue weighted by molar-refractivity contribution is -0.274. The van der Waals surface area contributed by atoms with E-state index in [1.165, 1.54) is 40.6 Å². The first-order valence-corrected chi connectivity index (χ1v) is 11.0. The average molecular weight is 518 g/mol. The second-order valence-electron chi connectivity index (χ2n) is 6.64. The lowest BCUT2D eigenvalue weighted by atomic mass is 10.2. The van der Waals surface area contributed by atoms with E-state index in [4.69, 9.17) is 23.2 Å². The van der Waals surface area contributed by atoms with E-state index in [0.29, 0.717) is 11.6 Å². The first-order chi connectivity index (χ1) is 15.5. The number of carbonyl (C=O) groups excluding carboxylic acids is 2. The lowest BCUT2D eigenvalue weighted by Crippen LogP contribution is -2.28. The van der Waals surface area contributed by atoms with Crippen molar-refractivity contribution in [3.05, 3.63) is 69.1 Å². The third-order valence-electron chi connectivity index (χ3n) is 4.42. The number of rotatable bonds is 6. The van der Waals surface area contributed by atoms with Crippen molar-refractivity contribution in [1.82, 2.24) is 9.88 Å². The number of aromatic nitrogens is 1. The number of carbonyl (C=O) groups is 2. The Labute approximate surface area is 201 Å². The molecule has 33 heavy (non-hydrogen) atoms. The molecule has 0 unspecified atom stereocenters. The highest BCUT2D eigenvalue weighted by atomic mass is 35.5. The third-order valence-corrected chi connectivity index (χ3v) is 5.79. The van der Waals surface area contributed by atoms with Crippen LogP contribution in [-0.2, 0) is 0 Å². The number of ether oxygens (including phenoxy) is 1. The van der Waals surface area contributed by atoms with Crippen LogP contribution in [0.15, 0.2) is 47.8 Å². The van der Waals surface area contributed by atoms with Gasteiger partial charge < -0.3 is 9.64 Å². The molecule has 0 aliphatic heterocycles. The molecule has 0 saturated carbocycles. The minimum atomic E-state index is -4.86. The van der Waals surface area contributed by atoms with Gasteiger partial charge in [0.2, 0.25) is 0 Å². The van der Waals surface area contributed by atoms with E-state index in [0.717, 1.165) is 28.4 Å². The predicted molar refractivity (Wildman–Crippen MR) is 121 cm³/mol. The highest BCUT2D eigenvalue weighted by molar-refractivity contribution is 7.14. The summed E-state index contributed by atoms with van der Waals surface area (Å²) in [5, 5.41) is 2.02. The molecule has 2 amide bonds. The van der Waals surface area contributed by atoms with Crippen molar-refractivity contribution in [3.8, 4) is 5.75 Å². The zero-order chi connectivity index (χ0) is 24.3. The summed E-state index contributed by atoms with van der Waals surface area (Å²) in [5.41, 5.74) is 0.402. The Morgan fingerprint density at radius 2 is 1.76 bits per heavy atom. The van der Waals surface area contributed by atoms with Crippen molar-refractivity contribution in [2.24, 2.45) is 0 Å². The highest BCUT2D eigenvalue weighted by Gasteiger charge is 2.31. The van der Waals surface area contributed by atoms with Crippen LogP contribution in [-0.4, -0.2) is 41.7 Å². The smallest absolute Gasteiger partial charge is 0.406 e. The van der Waals surface area contributed by atoms with E-state index in [1.807, 2.05) is 0 Å². The molecule has 0 spiro atoms. The maximum atomic E-state index is 13.4. The fraction of sp³-hybridized carbons (Fsp3) is 0.190. The van der Waals surface area contributed by atoms with Crippen molar-refractivity contribution >= 4 is 57.2 Å². The molecule has 0 radical (unpaired) electrons. The molecule has 0 N–H and O–H groups in total. The SMILES string of the molecule is CCN(C)C(=O)c1csc(N(C(=O)c2ccc(Cl)cc2Cl)c2ccc(OC(F)(F)F)cc2)n1. The number of halogens is 5. The molecule has 174 valence electrons. The second-order valence-corrected chi connectivity index (χ2v) is 8.32. The van der Waals surface area contributed by atoms with Gasteiger partial charge in [-0.25, -0.2) is 4.98 Å². The minimum Gasteiger partial charge on any atom is -0.406 e. The molecule has 0 aliphatic rings. The van der Waals surface area contributed by atoms with Gasteiger partial charge in [-0.1, -0.05) is 23.2 Å². The molecule has 1 aromatic heterocycles. The summed E-state index contributed by atoms with van der Waals surface area (Å²) in [4.78, 5) is 32.8. The molecule has 0 bridgehead atoms. The zero-order valence-electron chi connectivity index (χ0n) is 17.2. The maximum absolute atomic E-state index is 13.4. The number of benzene rings is 2. The van der Waals surface area contributed by atoms with Gasteiger partial charge in [-0.15, -0.1) is 24.5 Å². The highest BCUT2D eigenvalue weighted by Crippen LogP contribution is 2.34. The van der Waals surface area contributed by atoms with E-state index in [2.05, 4.69) is 9.72 Å². The lowest BCUT2D eigenvalue weighted by Gasteiger charge is -2.21. The summed E-state index contributed by atoms with van der Waals surface area (Å²) in [5.74, 6) is -1.41. The van der Waals surface area contributed by atoms with E-state index in [-0.39, 0.29) is 33.0 Å². The molecule has 2 aromatic carbocycles. The van der Waals surface area contributed by atoms with Gasteiger partial charge in [0.15, 0.2) is 5.13 Å². The molecule has 0 saturated heterocycles. The van der Waals surface area contributed by atoms with Gasteiger partial charge in [0.25, 0.3) is 11.8 Å². The molecular weight excluding hydrogens is 502 g/mol. The van der Waals surface area contributed by atoms with E-state index >= 15 is 0 Å². The molecular formula is C21H16Cl2F3N3O3S. The van der Waals surface area contributed by atoms with Crippen LogP contribution in [0.4, 0.5) is 24.0 Å². The summed E-state index contributed by atoms with van der Waals surface area (Å²) in [6.07, 6.45) is -4.86. The van der Waals surface area contributed by atoms with Crippen LogP contribution < -0.4 is 9.64 Å². The number of thiazole rings is 1. The number of hydrogen-bond acceptors (Lipinski definition) is 5. The van der Waals surface area contributed by atoms with Gasteiger partial charge in [-0.05, 0) is 49.4 Å². The van der Waals surface area contributed by atoms with Crippen LogP contribution in [0.25, 0.3) is 0 Å². The van der Waals surface area contributed by atoms with Gasteiger partial charge in [-0.3, -0.25) is 14.5 Å². The second kappa shape index (κ2) is 9.98. The molecule has 3 aromatic rings. The van der Waals surface area contributed by atoms with Gasteiger partial charge in [0.1, 0.15) is 11.4 Å². The predicted octanol–water partition coefficient (Wildman–Crippen LogP) is 6.42. The van der Waals surface area contributed by atoms with Crippen molar-refractivity contribution in [2.75, 3.05) is 18.5 Å². The topological polar surface area (TPSA) is 62.7 Å². The van der Waals surface area contributed by atoms with E-state index in [1.54, 1.807) is 14.0 Å². The van der Waals surface area contributed by atoms with Crippen LogP contribution in [0, 0.1) is 0 Å². The summed E-state index contributed by atoms with van der Waals surface area (Å²) in [7, 11) is 1.61. The van der Waals surface area contributed by atoms with Gasteiger partial charge >= 0.3 is 6.36 Å². The Morgan fingerprint density at radius 1 is 1.09 bits per heavy atom. The van der Waals surface area contributed by atoms with Gasteiger partial charge in [0.05, 0.1) is 16.3 Å². The molecule has 0 aliphatic carbocycles. The van der Waals surface area contributed by atoms with E-state index < -0.39 is 18.0 Å².